The van der Waals surface area contributed by atoms with Gasteiger partial charge in [-0.1, -0.05) is 0 Å². The number of fused-ring (bicyclic) bond motifs is 1. The number of carboxylic acid groups (broad SMARTS) is 1. The fourth-order valence-corrected chi connectivity index (χ4v) is 7.19. The summed E-state index contributed by atoms with van der Waals surface area (Å²) in [4.78, 5) is 13.9. The molecule has 4 heteroatoms. The van der Waals surface area contributed by atoms with Crippen LogP contribution in [0, 0.1) is 29.0 Å². The SMILES string of the molecule is CC1c2cc(C(=O)O)cc(F)c2CCN1CC12CC3CC(CC(C3)C1)C2. The minimum absolute atomic E-state index is 0.0738. The van der Waals surface area contributed by atoms with Crippen molar-refractivity contribution < 1.29 is 14.3 Å². The molecule has 0 radical (unpaired) electrons. The maximum Gasteiger partial charge on any atom is 0.335 e. The van der Waals surface area contributed by atoms with Crippen molar-refractivity contribution in [3.8, 4) is 0 Å². The molecule has 1 unspecified atom stereocenters. The number of aromatic carboxylic acids is 1. The van der Waals surface area contributed by atoms with Gasteiger partial charge in [-0.3, -0.25) is 4.90 Å². The minimum Gasteiger partial charge on any atom is -0.478 e. The summed E-state index contributed by atoms with van der Waals surface area (Å²) in [5.74, 6) is 1.41. The predicted molar refractivity (Wildman–Crippen MR) is 97.7 cm³/mol. The Balaban J connectivity index is 1.41. The summed E-state index contributed by atoms with van der Waals surface area (Å²) in [6.07, 6.45) is 9.16. The van der Waals surface area contributed by atoms with Gasteiger partial charge in [-0.05, 0) is 98.3 Å². The van der Waals surface area contributed by atoms with Crippen LogP contribution in [0.25, 0.3) is 0 Å². The molecule has 1 atom stereocenters. The molecule has 3 nitrogen and oxygen atoms in total. The Morgan fingerprint density at radius 2 is 1.81 bits per heavy atom. The van der Waals surface area contributed by atoms with Gasteiger partial charge in [0.2, 0.25) is 0 Å². The molecule has 140 valence electrons. The van der Waals surface area contributed by atoms with Gasteiger partial charge in [-0.25, -0.2) is 9.18 Å². The number of hydrogen-bond donors (Lipinski definition) is 1. The fourth-order valence-electron chi connectivity index (χ4n) is 7.19. The van der Waals surface area contributed by atoms with Crippen LogP contribution in [0.4, 0.5) is 4.39 Å². The summed E-state index contributed by atoms with van der Waals surface area (Å²) >= 11 is 0. The molecule has 4 saturated carbocycles. The lowest BCUT2D eigenvalue weighted by molar-refractivity contribution is -0.0748. The minimum atomic E-state index is -1.04. The topological polar surface area (TPSA) is 40.5 Å². The zero-order chi connectivity index (χ0) is 18.1. The van der Waals surface area contributed by atoms with E-state index in [4.69, 9.17) is 0 Å². The predicted octanol–water partition coefficient (Wildman–Crippen LogP) is 4.66. The first-order chi connectivity index (χ1) is 12.4. The van der Waals surface area contributed by atoms with Crippen LogP contribution in [0.2, 0.25) is 0 Å². The van der Waals surface area contributed by atoms with E-state index in [1.54, 1.807) is 6.07 Å². The van der Waals surface area contributed by atoms with Gasteiger partial charge in [-0.15, -0.1) is 0 Å². The first-order valence-electron chi connectivity index (χ1n) is 10.2. The fraction of sp³-hybridized carbons (Fsp3) is 0.682. The molecule has 4 bridgehead atoms. The monoisotopic (exact) mass is 357 g/mol. The maximum absolute atomic E-state index is 14.4. The van der Waals surface area contributed by atoms with E-state index in [0.717, 1.165) is 42.0 Å². The van der Waals surface area contributed by atoms with Crippen molar-refractivity contribution in [1.29, 1.82) is 0 Å². The standard InChI is InChI=1S/C22H28FNO2/c1-13-19-7-17(21(25)26)8-20(23)18(19)2-3-24(13)12-22-9-14-4-15(10-22)6-16(5-14)11-22/h7-8,13-16H,2-6,9-12H2,1H3,(H,25,26). The van der Waals surface area contributed by atoms with E-state index in [1.165, 1.54) is 44.6 Å². The van der Waals surface area contributed by atoms with Gasteiger partial charge in [0, 0.05) is 19.1 Å². The summed E-state index contributed by atoms with van der Waals surface area (Å²) in [6, 6.07) is 2.99. The first-order valence-corrected chi connectivity index (χ1v) is 10.2. The summed E-state index contributed by atoms with van der Waals surface area (Å²) in [6.45, 7) is 4.12. The van der Waals surface area contributed by atoms with Crippen LogP contribution in [0.3, 0.4) is 0 Å². The smallest absolute Gasteiger partial charge is 0.335 e. The third-order valence-corrected chi connectivity index (χ3v) is 7.83. The number of nitrogens with zero attached hydrogens (tertiary/aromatic N) is 1. The lowest BCUT2D eigenvalue weighted by atomic mass is 9.49. The number of benzene rings is 1. The van der Waals surface area contributed by atoms with Crippen LogP contribution in [0.1, 0.15) is 73.0 Å². The number of rotatable bonds is 3. The van der Waals surface area contributed by atoms with Gasteiger partial charge in [-0.2, -0.15) is 0 Å². The molecular formula is C22H28FNO2. The van der Waals surface area contributed by atoms with Crippen molar-refractivity contribution in [2.45, 2.75) is 57.9 Å². The Morgan fingerprint density at radius 1 is 1.19 bits per heavy atom. The van der Waals surface area contributed by atoms with E-state index in [2.05, 4.69) is 11.8 Å². The average Bonchev–Trinajstić information content (AvgIpc) is 2.56. The van der Waals surface area contributed by atoms with Crippen molar-refractivity contribution in [1.82, 2.24) is 4.90 Å². The summed E-state index contributed by atoms with van der Waals surface area (Å²) in [7, 11) is 0. The van der Waals surface area contributed by atoms with E-state index in [1.807, 2.05) is 0 Å². The third kappa shape index (κ3) is 2.60. The Labute approximate surface area is 154 Å². The van der Waals surface area contributed by atoms with Gasteiger partial charge >= 0.3 is 5.97 Å². The van der Waals surface area contributed by atoms with Crippen molar-refractivity contribution in [3.05, 3.63) is 34.6 Å². The number of carboxylic acids is 1. The van der Waals surface area contributed by atoms with E-state index in [-0.39, 0.29) is 17.4 Å². The molecular weight excluding hydrogens is 329 g/mol. The van der Waals surface area contributed by atoms with E-state index < -0.39 is 5.97 Å². The van der Waals surface area contributed by atoms with Crippen molar-refractivity contribution in [2.75, 3.05) is 13.1 Å². The zero-order valence-corrected chi connectivity index (χ0v) is 15.5. The van der Waals surface area contributed by atoms with E-state index in [9.17, 15) is 14.3 Å². The van der Waals surface area contributed by atoms with Gasteiger partial charge < -0.3 is 5.11 Å². The number of carbonyl (C=O) groups is 1. The summed E-state index contributed by atoms with van der Waals surface area (Å²) in [5, 5.41) is 9.29. The molecule has 0 spiro atoms. The molecule has 0 saturated heterocycles. The molecule has 1 heterocycles. The Kier molecular flexibility index (Phi) is 3.72. The second-order valence-electron chi connectivity index (χ2n) is 9.65. The highest BCUT2D eigenvalue weighted by atomic mass is 19.1. The second-order valence-corrected chi connectivity index (χ2v) is 9.65. The highest BCUT2D eigenvalue weighted by molar-refractivity contribution is 5.88. The van der Waals surface area contributed by atoms with E-state index >= 15 is 0 Å². The number of hydrogen-bond acceptors (Lipinski definition) is 2. The summed E-state index contributed by atoms with van der Waals surface area (Å²) < 4.78 is 14.4. The quantitative estimate of drug-likeness (QED) is 0.855. The molecule has 6 rings (SSSR count). The Bertz CT molecular complexity index is 723. The van der Waals surface area contributed by atoms with Crippen LogP contribution in [-0.4, -0.2) is 29.1 Å². The molecule has 1 aliphatic heterocycles. The molecule has 4 fully saturated rings. The molecule has 0 amide bonds. The summed E-state index contributed by atoms with van der Waals surface area (Å²) in [5.41, 5.74) is 2.15. The molecule has 5 aliphatic rings. The van der Waals surface area contributed by atoms with Gasteiger partial charge in [0.15, 0.2) is 0 Å². The first kappa shape index (κ1) is 16.7. The lowest BCUT2D eigenvalue weighted by Crippen LogP contribution is -2.52. The van der Waals surface area contributed by atoms with Crippen LogP contribution in [0.5, 0.6) is 0 Å². The molecule has 4 aliphatic carbocycles. The highest BCUT2D eigenvalue weighted by Crippen LogP contribution is 2.60. The largest absolute Gasteiger partial charge is 0.478 e. The molecule has 1 aromatic rings. The van der Waals surface area contributed by atoms with Gasteiger partial charge in [0.1, 0.15) is 5.82 Å². The van der Waals surface area contributed by atoms with E-state index in [0.29, 0.717) is 11.8 Å². The Hall–Kier alpha value is -1.42. The highest BCUT2D eigenvalue weighted by Gasteiger charge is 2.51. The third-order valence-electron chi connectivity index (χ3n) is 7.83. The van der Waals surface area contributed by atoms with Gasteiger partial charge in [0.25, 0.3) is 0 Å². The van der Waals surface area contributed by atoms with Gasteiger partial charge in [0.05, 0.1) is 5.56 Å². The van der Waals surface area contributed by atoms with Crippen LogP contribution in [0.15, 0.2) is 12.1 Å². The zero-order valence-electron chi connectivity index (χ0n) is 15.5. The van der Waals surface area contributed by atoms with Crippen LogP contribution < -0.4 is 0 Å². The molecule has 1 aromatic carbocycles. The maximum atomic E-state index is 14.4. The lowest BCUT2D eigenvalue weighted by Gasteiger charge is -2.58. The normalized spacial score (nSPS) is 38.4. The second kappa shape index (κ2) is 5.79. The molecule has 0 aromatic heterocycles. The van der Waals surface area contributed by atoms with Crippen molar-refractivity contribution >= 4 is 5.97 Å². The Morgan fingerprint density at radius 3 is 2.38 bits per heavy atom. The van der Waals surface area contributed by atoms with Crippen molar-refractivity contribution in [2.24, 2.45) is 23.2 Å². The number of halogens is 1. The van der Waals surface area contributed by atoms with Crippen molar-refractivity contribution in [3.63, 3.8) is 0 Å². The van der Waals surface area contributed by atoms with Crippen LogP contribution in [-0.2, 0) is 6.42 Å². The average molecular weight is 357 g/mol. The van der Waals surface area contributed by atoms with Crippen LogP contribution >= 0.6 is 0 Å². The molecule has 26 heavy (non-hydrogen) atoms. The molecule has 1 N–H and O–H groups in total.